The van der Waals surface area contributed by atoms with Crippen molar-refractivity contribution in [1.82, 2.24) is 0 Å². The van der Waals surface area contributed by atoms with Crippen LogP contribution in [0.15, 0.2) is 48.5 Å². The van der Waals surface area contributed by atoms with Gasteiger partial charge in [0.1, 0.15) is 13.1 Å². The van der Waals surface area contributed by atoms with Crippen LogP contribution in [-0.2, 0) is 22.4 Å². The van der Waals surface area contributed by atoms with E-state index in [1.165, 1.54) is 12.1 Å². The minimum atomic E-state index is -0.432. The molecule has 0 fully saturated rings. The van der Waals surface area contributed by atoms with Gasteiger partial charge in [0.2, 0.25) is 0 Å². The number of rotatable bonds is 15. The zero-order chi connectivity index (χ0) is 28.8. The van der Waals surface area contributed by atoms with Gasteiger partial charge in [0.25, 0.3) is 5.69 Å². The number of likely N-dealkylation sites (N-methyl/N-ethyl adjacent to an activating group) is 2. The Morgan fingerprint density at radius 3 is 1.22 bits per heavy atom. The van der Waals surface area contributed by atoms with Crippen LogP contribution in [0.5, 0.6) is 0 Å². The summed E-state index contributed by atoms with van der Waals surface area (Å²) in [4.78, 5) is 34.5. The van der Waals surface area contributed by atoms with Crippen molar-refractivity contribution in [1.29, 1.82) is 0 Å². The van der Waals surface area contributed by atoms with E-state index in [-0.39, 0.29) is 43.7 Å². The highest BCUT2D eigenvalue weighted by molar-refractivity contribution is 5.82. The Hall–Kier alpha value is -2.52. The predicted octanol–water partition coefficient (Wildman–Crippen LogP) is -0.516. The average Bonchev–Trinajstić information content (AvgIpc) is 2.92. The highest BCUT2D eigenvalue weighted by Crippen LogP contribution is 2.14. The number of hydrogen-bond acceptors (Lipinski definition) is 5. The fraction of sp³-hybridized carbons (Fsp3) is 0.548. The molecule has 234 valence electrons. The van der Waals surface area contributed by atoms with Crippen LogP contribution in [0.2, 0.25) is 0 Å². The number of quaternary nitrogens is 2. The molecule has 8 nitrogen and oxygen atoms in total. The molecule has 0 saturated carbocycles. The fourth-order valence-electron chi connectivity index (χ4n) is 4.70. The third kappa shape index (κ3) is 14.3. The number of nitro groups is 1. The topological polar surface area (TPSA) is 103 Å². The lowest BCUT2D eigenvalue weighted by molar-refractivity contribution is -0.915. The molecule has 2 rings (SSSR count). The summed E-state index contributed by atoms with van der Waals surface area (Å²) in [6.45, 7) is 19.8. The number of carbonyl (C=O) groups excluding carboxylic acids is 2. The molecule has 0 unspecified atom stereocenters. The number of hydrogen-bond donors (Lipinski definition) is 1. The molecule has 0 saturated heterocycles. The molecule has 0 amide bonds. The predicted molar refractivity (Wildman–Crippen MR) is 162 cm³/mol. The molecular formula is C31H52Cl2N4O4. The van der Waals surface area contributed by atoms with Crippen molar-refractivity contribution in [2.24, 2.45) is 0 Å². The summed E-state index contributed by atoms with van der Waals surface area (Å²) >= 11 is 0. The standard InChI is InChI=1S/C15H23N2O3.C15H25N2O.CH4.2ClH/c1-4-17(5-2,6-3)12-15(18)11-13-7-9-14(10-8-13)16(19)20;1-4-17(5-2,6-3)12-15(18)11-13-7-9-14(16)10-8-13;;;/h7-10H,4-6,11-12H2,1-3H3;7-10H,4-6,11-12,16H2,1-3H3;1H4;2*1H/q2*+1;;;/p-2. The highest BCUT2D eigenvalue weighted by Gasteiger charge is 2.25. The number of Topliss-reactive ketones (excluding diaryl/α,β-unsaturated/α-hetero) is 2. The van der Waals surface area contributed by atoms with E-state index >= 15 is 0 Å². The number of nitrogen functional groups attached to an aromatic ring is 1. The highest BCUT2D eigenvalue weighted by atomic mass is 35.5. The van der Waals surface area contributed by atoms with Gasteiger partial charge in [0.05, 0.1) is 44.2 Å². The normalized spacial score (nSPS) is 10.6. The number of halogens is 2. The van der Waals surface area contributed by atoms with Gasteiger partial charge < -0.3 is 39.5 Å². The van der Waals surface area contributed by atoms with Crippen molar-refractivity contribution in [3.63, 3.8) is 0 Å². The monoisotopic (exact) mass is 614 g/mol. The van der Waals surface area contributed by atoms with Crippen molar-refractivity contribution in [3.05, 3.63) is 69.8 Å². The Labute approximate surface area is 260 Å². The van der Waals surface area contributed by atoms with E-state index in [1.54, 1.807) is 12.1 Å². The van der Waals surface area contributed by atoms with E-state index in [9.17, 15) is 19.7 Å². The molecule has 0 aliphatic heterocycles. The minimum Gasteiger partial charge on any atom is -1.00 e. The van der Waals surface area contributed by atoms with Gasteiger partial charge in [-0.05, 0) is 64.8 Å². The lowest BCUT2D eigenvalue weighted by Gasteiger charge is -2.35. The quantitative estimate of drug-likeness (QED) is 0.126. The van der Waals surface area contributed by atoms with Crippen molar-refractivity contribution < 1.29 is 48.3 Å². The third-order valence-corrected chi connectivity index (χ3v) is 7.98. The molecule has 2 aromatic carbocycles. The zero-order valence-corrected chi connectivity index (χ0v) is 26.5. The van der Waals surface area contributed by atoms with Crippen LogP contribution in [0, 0.1) is 10.1 Å². The fourth-order valence-corrected chi connectivity index (χ4v) is 4.70. The largest absolute Gasteiger partial charge is 1.00 e. The molecule has 0 spiro atoms. The summed E-state index contributed by atoms with van der Waals surface area (Å²) in [5.41, 5.74) is 8.32. The van der Waals surface area contributed by atoms with Gasteiger partial charge in [-0.15, -0.1) is 0 Å². The van der Waals surface area contributed by atoms with Gasteiger partial charge in [0, 0.05) is 30.7 Å². The van der Waals surface area contributed by atoms with Crippen molar-refractivity contribution in [2.45, 2.75) is 61.8 Å². The summed E-state index contributed by atoms with van der Waals surface area (Å²) in [6, 6.07) is 13.8. The van der Waals surface area contributed by atoms with Gasteiger partial charge >= 0.3 is 0 Å². The van der Waals surface area contributed by atoms with E-state index in [2.05, 4.69) is 41.5 Å². The van der Waals surface area contributed by atoms with Gasteiger partial charge in [-0.1, -0.05) is 31.7 Å². The number of nitro benzene ring substituents is 1. The van der Waals surface area contributed by atoms with Crippen LogP contribution in [0.3, 0.4) is 0 Å². The number of anilines is 1. The number of ketones is 2. The first kappa shape index (κ1) is 42.9. The molecule has 0 heterocycles. The summed E-state index contributed by atoms with van der Waals surface area (Å²) in [7, 11) is 0. The smallest absolute Gasteiger partial charge is 0.269 e. The van der Waals surface area contributed by atoms with E-state index in [4.69, 9.17) is 5.73 Å². The number of carbonyl (C=O) groups is 2. The van der Waals surface area contributed by atoms with Crippen molar-refractivity contribution >= 4 is 22.9 Å². The Bertz CT molecular complexity index is 1010. The van der Waals surface area contributed by atoms with Crippen LogP contribution in [-0.4, -0.2) is 77.8 Å². The van der Waals surface area contributed by atoms with Crippen LogP contribution in [0.1, 0.15) is 60.1 Å². The van der Waals surface area contributed by atoms with E-state index in [0.29, 0.717) is 31.7 Å². The molecule has 2 N–H and O–H groups in total. The Morgan fingerprint density at radius 1 is 0.659 bits per heavy atom. The third-order valence-electron chi connectivity index (χ3n) is 7.98. The lowest BCUT2D eigenvalue weighted by atomic mass is 10.1. The number of non-ortho nitro benzene ring substituents is 1. The molecule has 0 aromatic heterocycles. The second-order valence-electron chi connectivity index (χ2n) is 9.99. The summed E-state index contributed by atoms with van der Waals surface area (Å²) in [5, 5.41) is 10.6. The molecule has 0 aliphatic rings. The first-order valence-electron chi connectivity index (χ1n) is 13.8. The summed E-state index contributed by atoms with van der Waals surface area (Å²) in [5.74, 6) is 0.495. The Balaban J connectivity index is -0.000000659. The first-order chi connectivity index (χ1) is 18.0. The van der Waals surface area contributed by atoms with Gasteiger partial charge in [-0.3, -0.25) is 19.7 Å². The SMILES string of the molecule is C.CC[N+](CC)(CC)CC(=O)Cc1ccc(N)cc1.CC[N+](CC)(CC)CC(=O)Cc1ccc([N+](=O)[O-])cc1.[Cl-].[Cl-]. The first-order valence-corrected chi connectivity index (χ1v) is 13.8. The summed E-state index contributed by atoms with van der Waals surface area (Å²) in [6.07, 6.45) is 0.859. The molecule has 41 heavy (non-hydrogen) atoms. The van der Waals surface area contributed by atoms with E-state index in [0.717, 1.165) is 65.0 Å². The van der Waals surface area contributed by atoms with Gasteiger partial charge in [0.15, 0.2) is 11.6 Å². The molecule has 0 aliphatic carbocycles. The Morgan fingerprint density at radius 2 is 0.951 bits per heavy atom. The minimum absolute atomic E-state index is 0. The Kier molecular flexibility index (Phi) is 22.2. The zero-order valence-electron chi connectivity index (χ0n) is 25.0. The number of benzene rings is 2. The molecular weight excluding hydrogens is 563 g/mol. The van der Waals surface area contributed by atoms with Crippen LogP contribution < -0.4 is 30.5 Å². The van der Waals surface area contributed by atoms with E-state index < -0.39 is 4.92 Å². The second-order valence-corrected chi connectivity index (χ2v) is 9.99. The van der Waals surface area contributed by atoms with Crippen LogP contribution in [0.4, 0.5) is 11.4 Å². The molecule has 0 bridgehead atoms. The average molecular weight is 616 g/mol. The number of nitrogens with two attached hydrogens (primary N) is 1. The van der Waals surface area contributed by atoms with Crippen molar-refractivity contribution in [3.8, 4) is 0 Å². The maximum absolute atomic E-state index is 12.2. The van der Waals surface area contributed by atoms with E-state index in [1.807, 2.05) is 24.3 Å². The molecule has 10 heteroatoms. The summed E-state index contributed by atoms with van der Waals surface area (Å²) < 4.78 is 1.68. The van der Waals surface area contributed by atoms with Gasteiger partial charge in [-0.2, -0.15) is 0 Å². The van der Waals surface area contributed by atoms with Gasteiger partial charge in [-0.25, -0.2) is 0 Å². The lowest BCUT2D eigenvalue weighted by Crippen LogP contribution is -3.00. The van der Waals surface area contributed by atoms with Crippen molar-refractivity contribution in [2.75, 3.05) is 58.1 Å². The maximum Gasteiger partial charge on any atom is 0.269 e. The molecule has 0 radical (unpaired) electrons. The van der Waals surface area contributed by atoms with Crippen LogP contribution in [0.25, 0.3) is 0 Å². The molecule has 0 atom stereocenters. The molecule has 2 aromatic rings. The second kappa shape index (κ2) is 21.2. The number of nitrogens with zero attached hydrogens (tertiary/aromatic N) is 3. The van der Waals surface area contributed by atoms with Crippen LogP contribution >= 0.6 is 0 Å². The maximum atomic E-state index is 12.2.